The van der Waals surface area contributed by atoms with E-state index in [1.807, 2.05) is 18.3 Å². The van der Waals surface area contributed by atoms with E-state index >= 15 is 0 Å². The van der Waals surface area contributed by atoms with Gasteiger partial charge in [0.2, 0.25) is 5.88 Å². The Morgan fingerprint density at radius 3 is 2.59 bits per heavy atom. The third-order valence-corrected chi connectivity index (χ3v) is 2.43. The molecule has 0 spiro atoms. The van der Waals surface area contributed by atoms with Crippen molar-refractivity contribution in [3.05, 3.63) is 23.9 Å². The predicted molar refractivity (Wildman–Crippen MR) is 64.4 cm³/mol. The van der Waals surface area contributed by atoms with Gasteiger partial charge in [0.25, 0.3) is 0 Å². The fourth-order valence-corrected chi connectivity index (χ4v) is 1.78. The second-order valence-electron chi connectivity index (χ2n) is 5.01. The topological polar surface area (TPSA) is 37.9 Å². The van der Waals surface area contributed by atoms with Crippen LogP contribution in [-0.4, -0.2) is 42.7 Å². The van der Waals surface area contributed by atoms with E-state index in [0.717, 1.165) is 22.1 Å². The minimum absolute atomic E-state index is 0. The summed E-state index contributed by atoms with van der Waals surface area (Å²) in [6.07, 6.45) is 2.03. The van der Waals surface area contributed by atoms with E-state index in [2.05, 4.69) is 31.1 Å². The number of hydrogen-bond acceptors (Lipinski definition) is 2. The number of ether oxygens (including phenoxy) is 1. The molecule has 94 valence electrons. The Morgan fingerprint density at radius 1 is 1.29 bits per heavy atom. The number of hydrogen-bond donors (Lipinski definition) is 1. The van der Waals surface area contributed by atoms with E-state index in [0.29, 0.717) is 5.88 Å². The number of aromatic nitrogens is 2. The third kappa shape index (κ3) is 3.32. The fraction of sp³-hybridized carbons (Fsp3) is 0.417. The molecule has 2 heterocycles. The van der Waals surface area contributed by atoms with E-state index in [9.17, 15) is 0 Å². The molecule has 2 aromatic rings. The van der Waals surface area contributed by atoms with Crippen molar-refractivity contribution in [1.29, 1.82) is 0 Å². The van der Waals surface area contributed by atoms with Gasteiger partial charge in [-0.15, -0.1) is 0 Å². The lowest BCUT2D eigenvalue weighted by atomic mass is 10.2. The molecule has 17 heavy (non-hydrogen) atoms. The molecule has 0 unspecified atom stereocenters. The standard InChI is InChI=1S/C12H18N3O.HI/c1-15(2,3)8-9-7-13-10-5-6-11(16-4)14-12(9)10;/h5-7,13H,8H2,1-4H3;1H/q+1;/p-1. The highest BCUT2D eigenvalue weighted by atomic mass is 127. The van der Waals surface area contributed by atoms with E-state index < -0.39 is 0 Å². The van der Waals surface area contributed by atoms with Crippen molar-refractivity contribution in [3.63, 3.8) is 0 Å². The van der Waals surface area contributed by atoms with Gasteiger partial charge in [-0.25, -0.2) is 4.98 Å². The number of pyridine rings is 1. The largest absolute Gasteiger partial charge is 1.00 e. The SMILES string of the molecule is COc1ccc2[nH]cc(C[N+](C)(C)C)c2n1.[I-]. The van der Waals surface area contributed by atoms with E-state index in [1.54, 1.807) is 7.11 Å². The summed E-state index contributed by atoms with van der Waals surface area (Å²) in [5, 5.41) is 0. The minimum atomic E-state index is 0. The summed E-state index contributed by atoms with van der Waals surface area (Å²) >= 11 is 0. The van der Waals surface area contributed by atoms with Gasteiger partial charge in [-0.05, 0) is 6.07 Å². The lowest BCUT2D eigenvalue weighted by molar-refractivity contribution is -0.883. The smallest absolute Gasteiger partial charge is 0.213 e. The Morgan fingerprint density at radius 2 is 2.00 bits per heavy atom. The van der Waals surface area contributed by atoms with Crippen LogP contribution in [0.1, 0.15) is 5.56 Å². The number of nitrogens with zero attached hydrogens (tertiary/aromatic N) is 2. The van der Waals surface area contributed by atoms with Gasteiger partial charge in [0.1, 0.15) is 12.1 Å². The molecule has 0 atom stereocenters. The van der Waals surface area contributed by atoms with Crippen LogP contribution >= 0.6 is 0 Å². The zero-order valence-corrected chi connectivity index (χ0v) is 12.8. The van der Waals surface area contributed by atoms with E-state index in [-0.39, 0.29) is 24.0 Å². The van der Waals surface area contributed by atoms with Crippen LogP contribution in [0.5, 0.6) is 5.88 Å². The number of rotatable bonds is 3. The number of H-pyrrole nitrogens is 1. The molecule has 0 aliphatic heterocycles. The molecule has 2 rings (SSSR count). The van der Waals surface area contributed by atoms with Gasteiger partial charge in [-0.2, -0.15) is 0 Å². The molecule has 0 bridgehead atoms. The quantitative estimate of drug-likeness (QED) is 0.559. The maximum absolute atomic E-state index is 5.15. The summed E-state index contributed by atoms with van der Waals surface area (Å²) in [4.78, 5) is 7.71. The maximum atomic E-state index is 5.15. The highest BCUT2D eigenvalue weighted by Crippen LogP contribution is 2.21. The molecular weight excluding hydrogens is 329 g/mol. The normalized spacial score (nSPS) is 11.3. The molecule has 5 heteroatoms. The Labute approximate surface area is 119 Å². The highest BCUT2D eigenvalue weighted by Gasteiger charge is 2.14. The first-order chi connectivity index (χ1) is 7.49. The van der Waals surface area contributed by atoms with Crippen molar-refractivity contribution < 1.29 is 33.2 Å². The van der Waals surface area contributed by atoms with Crippen molar-refractivity contribution >= 4 is 11.0 Å². The molecule has 0 saturated carbocycles. The molecular formula is C12H18IN3O. The summed E-state index contributed by atoms with van der Waals surface area (Å²) in [5.74, 6) is 0.662. The van der Waals surface area contributed by atoms with Crippen LogP contribution in [0.25, 0.3) is 11.0 Å². The van der Waals surface area contributed by atoms with Crippen LogP contribution in [0.2, 0.25) is 0 Å². The molecule has 0 saturated heterocycles. The van der Waals surface area contributed by atoms with E-state index in [1.165, 1.54) is 5.56 Å². The third-order valence-electron chi connectivity index (χ3n) is 2.43. The molecule has 0 aromatic carbocycles. The first-order valence-electron chi connectivity index (χ1n) is 5.31. The van der Waals surface area contributed by atoms with Crippen molar-refractivity contribution in [2.75, 3.05) is 28.3 Å². The lowest BCUT2D eigenvalue weighted by Gasteiger charge is -2.23. The molecule has 0 aliphatic carbocycles. The summed E-state index contributed by atoms with van der Waals surface area (Å²) in [6, 6.07) is 3.87. The number of quaternary nitrogens is 1. The number of methoxy groups -OCH3 is 1. The Hall–Kier alpha value is -0.820. The summed E-state index contributed by atoms with van der Waals surface area (Å²) in [7, 11) is 8.14. The van der Waals surface area contributed by atoms with Crippen molar-refractivity contribution in [2.45, 2.75) is 6.54 Å². The van der Waals surface area contributed by atoms with Gasteiger partial charge < -0.3 is 38.2 Å². The zero-order valence-electron chi connectivity index (χ0n) is 10.6. The molecule has 0 fully saturated rings. The number of nitrogens with one attached hydrogen (secondary N) is 1. The molecule has 0 aliphatic rings. The van der Waals surface area contributed by atoms with Crippen LogP contribution in [0.3, 0.4) is 0 Å². The van der Waals surface area contributed by atoms with Crippen LogP contribution in [0.15, 0.2) is 18.3 Å². The Kier molecular flexibility index (Phi) is 4.37. The Bertz CT molecular complexity index is 502. The van der Waals surface area contributed by atoms with Crippen molar-refractivity contribution in [1.82, 2.24) is 9.97 Å². The van der Waals surface area contributed by atoms with Gasteiger partial charge in [0, 0.05) is 12.3 Å². The zero-order chi connectivity index (χ0) is 11.8. The molecule has 4 nitrogen and oxygen atoms in total. The Balaban J connectivity index is 0.00000144. The highest BCUT2D eigenvalue weighted by molar-refractivity contribution is 5.79. The maximum Gasteiger partial charge on any atom is 0.213 e. The van der Waals surface area contributed by atoms with E-state index in [4.69, 9.17) is 4.74 Å². The predicted octanol–water partition coefficient (Wildman–Crippen LogP) is -1.22. The molecule has 2 aromatic heterocycles. The van der Waals surface area contributed by atoms with Gasteiger partial charge in [0.05, 0.1) is 39.3 Å². The van der Waals surface area contributed by atoms with Gasteiger partial charge in [-0.1, -0.05) is 0 Å². The monoisotopic (exact) mass is 347 g/mol. The van der Waals surface area contributed by atoms with Crippen molar-refractivity contribution in [2.24, 2.45) is 0 Å². The lowest BCUT2D eigenvalue weighted by Crippen LogP contribution is -3.00. The fourth-order valence-electron chi connectivity index (χ4n) is 1.78. The molecule has 0 amide bonds. The van der Waals surface area contributed by atoms with Crippen LogP contribution < -0.4 is 28.7 Å². The second-order valence-corrected chi connectivity index (χ2v) is 5.01. The first-order valence-corrected chi connectivity index (χ1v) is 5.31. The van der Waals surface area contributed by atoms with Crippen LogP contribution in [0, 0.1) is 0 Å². The van der Waals surface area contributed by atoms with Crippen LogP contribution in [0.4, 0.5) is 0 Å². The summed E-state index contributed by atoms with van der Waals surface area (Å²) in [5.41, 5.74) is 3.29. The average Bonchev–Trinajstić information content (AvgIpc) is 2.58. The van der Waals surface area contributed by atoms with Gasteiger partial charge >= 0.3 is 0 Å². The summed E-state index contributed by atoms with van der Waals surface area (Å²) in [6.45, 7) is 0.945. The van der Waals surface area contributed by atoms with Crippen LogP contribution in [-0.2, 0) is 6.54 Å². The van der Waals surface area contributed by atoms with Gasteiger partial charge in [0.15, 0.2) is 0 Å². The molecule has 0 radical (unpaired) electrons. The van der Waals surface area contributed by atoms with Crippen molar-refractivity contribution in [3.8, 4) is 5.88 Å². The summed E-state index contributed by atoms with van der Waals surface area (Å²) < 4.78 is 6.03. The minimum Gasteiger partial charge on any atom is -1.00 e. The number of halogens is 1. The molecule has 1 N–H and O–H groups in total. The number of aromatic amines is 1. The number of fused-ring (bicyclic) bond motifs is 1. The average molecular weight is 347 g/mol. The second kappa shape index (κ2) is 5.22. The first kappa shape index (κ1) is 14.2. The van der Waals surface area contributed by atoms with Gasteiger partial charge in [-0.3, -0.25) is 0 Å².